The standard InChI is InChI=1S/C23H26N4O5S/c1-22(9-10-22)14-26-18-7-6-16(33(31,32)25-23(2)11-12-23)13-17(18)20(29)27(21(26)30)24-19(28)8-5-15-3-4-15/h6-7,13,15,25H,3-4,9-12,14H2,1-2H3,(H,24,28). The largest absolute Gasteiger partial charge is 0.350 e. The average Bonchev–Trinajstić information content (AvgIpc) is 3.64. The molecule has 174 valence electrons. The molecule has 3 fully saturated rings. The van der Waals surface area contributed by atoms with E-state index >= 15 is 0 Å². The Balaban J connectivity index is 1.62. The Morgan fingerprint density at radius 2 is 1.85 bits per heavy atom. The van der Waals surface area contributed by atoms with Gasteiger partial charge in [0.05, 0.1) is 15.8 Å². The quantitative estimate of drug-likeness (QED) is 0.617. The number of hydrogen-bond acceptors (Lipinski definition) is 5. The number of nitrogens with one attached hydrogen (secondary N) is 2. The third kappa shape index (κ3) is 4.48. The van der Waals surface area contributed by atoms with E-state index < -0.39 is 32.7 Å². The van der Waals surface area contributed by atoms with Crippen molar-refractivity contribution in [1.29, 1.82) is 0 Å². The first-order valence-electron chi connectivity index (χ1n) is 11.1. The number of amides is 1. The maximum absolute atomic E-state index is 13.2. The number of carbonyl (C=O) groups excluding carboxylic acids is 1. The van der Waals surface area contributed by atoms with E-state index in [9.17, 15) is 22.8 Å². The molecule has 0 radical (unpaired) electrons. The van der Waals surface area contributed by atoms with E-state index in [0.717, 1.165) is 38.5 Å². The molecule has 0 saturated heterocycles. The van der Waals surface area contributed by atoms with Crippen LogP contribution in [0, 0.1) is 23.2 Å². The molecule has 5 rings (SSSR count). The number of sulfonamides is 1. The van der Waals surface area contributed by atoms with Gasteiger partial charge in [-0.15, -0.1) is 0 Å². The fraction of sp³-hybridized carbons (Fsp3) is 0.522. The minimum absolute atomic E-state index is 0.0399. The minimum Gasteiger partial charge on any atom is -0.291 e. The van der Waals surface area contributed by atoms with Gasteiger partial charge in [-0.05, 0) is 75.0 Å². The van der Waals surface area contributed by atoms with E-state index in [1.807, 2.05) is 13.8 Å². The summed E-state index contributed by atoms with van der Waals surface area (Å²) in [6, 6.07) is 4.17. The molecule has 0 bridgehead atoms. The Labute approximate surface area is 191 Å². The molecule has 0 unspecified atom stereocenters. The van der Waals surface area contributed by atoms with Crippen molar-refractivity contribution >= 4 is 26.8 Å². The normalized spacial score (nSPS) is 20.1. The molecule has 3 saturated carbocycles. The van der Waals surface area contributed by atoms with E-state index in [2.05, 4.69) is 22.0 Å². The van der Waals surface area contributed by atoms with Crippen LogP contribution in [0.2, 0.25) is 0 Å². The van der Waals surface area contributed by atoms with E-state index in [0.29, 0.717) is 16.7 Å². The lowest BCUT2D eigenvalue weighted by molar-refractivity contribution is -0.112. The van der Waals surface area contributed by atoms with Gasteiger partial charge in [0.15, 0.2) is 0 Å². The second-order valence-electron chi connectivity index (χ2n) is 10.1. The molecule has 0 spiro atoms. The third-order valence-electron chi connectivity index (χ3n) is 6.63. The van der Waals surface area contributed by atoms with Crippen LogP contribution >= 0.6 is 0 Å². The van der Waals surface area contributed by atoms with Gasteiger partial charge < -0.3 is 0 Å². The molecule has 1 amide bonds. The molecule has 1 heterocycles. The first kappa shape index (κ1) is 21.9. The molecule has 9 nitrogen and oxygen atoms in total. The first-order chi connectivity index (χ1) is 15.5. The van der Waals surface area contributed by atoms with Gasteiger partial charge in [-0.1, -0.05) is 12.8 Å². The Kier molecular flexibility index (Phi) is 4.85. The number of hydrogen-bond donors (Lipinski definition) is 2. The zero-order valence-corrected chi connectivity index (χ0v) is 19.4. The Morgan fingerprint density at radius 3 is 2.45 bits per heavy atom. The van der Waals surface area contributed by atoms with Crippen LogP contribution in [0.25, 0.3) is 10.9 Å². The van der Waals surface area contributed by atoms with Gasteiger partial charge in [-0.2, -0.15) is 4.68 Å². The maximum Gasteiger partial charge on any atom is 0.350 e. The predicted octanol–water partition coefficient (Wildman–Crippen LogP) is 1.28. The van der Waals surface area contributed by atoms with Crippen molar-refractivity contribution in [3.05, 3.63) is 39.0 Å². The van der Waals surface area contributed by atoms with Crippen molar-refractivity contribution in [3.8, 4) is 11.8 Å². The number of aromatic nitrogens is 2. The van der Waals surface area contributed by atoms with Crippen molar-refractivity contribution in [2.75, 3.05) is 5.43 Å². The van der Waals surface area contributed by atoms with Crippen molar-refractivity contribution in [2.24, 2.45) is 11.3 Å². The first-order valence-corrected chi connectivity index (χ1v) is 12.6. The van der Waals surface area contributed by atoms with Crippen LogP contribution in [0.4, 0.5) is 0 Å². The summed E-state index contributed by atoms with van der Waals surface area (Å²) in [5.41, 5.74) is 0.617. The summed E-state index contributed by atoms with van der Waals surface area (Å²) in [6.07, 6.45) is 5.25. The highest BCUT2D eigenvalue weighted by atomic mass is 32.2. The lowest BCUT2D eigenvalue weighted by Crippen LogP contribution is -2.47. The number of nitrogens with zero attached hydrogens (tertiary/aromatic N) is 2. The SMILES string of the molecule is CC1(Cn2c(=O)n(NC(=O)C#CC3CC3)c(=O)c3cc(S(=O)(=O)NC4(C)CC4)ccc32)CC1. The molecule has 1 aromatic carbocycles. The van der Waals surface area contributed by atoms with Crippen molar-refractivity contribution in [2.45, 2.75) is 69.4 Å². The molecule has 0 aliphatic heterocycles. The predicted molar refractivity (Wildman–Crippen MR) is 123 cm³/mol. The van der Waals surface area contributed by atoms with Gasteiger partial charge in [0.25, 0.3) is 5.56 Å². The van der Waals surface area contributed by atoms with Crippen LogP contribution in [0.3, 0.4) is 0 Å². The smallest absolute Gasteiger partial charge is 0.291 e. The lowest BCUT2D eigenvalue weighted by atomic mass is 10.1. The summed E-state index contributed by atoms with van der Waals surface area (Å²) >= 11 is 0. The maximum atomic E-state index is 13.2. The second kappa shape index (κ2) is 7.30. The topological polar surface area (TPSA) is 119 Å². The zero-order valence-electron chi connectivity index (χ0n) is 18.6. The van der Waals surface area contributed by atoms with Crippen LogP contribution < -0.4 is 21.4 Å². The van der Waals surface area contributed by atoms with Crippen molar-refractivity contribution in [3.63, 3.8) is 0 Å². The van der Waals surface area contributed by atoms with Crippen molar-refractivity contribution in [1.82, 2.24) is 14.0 Å². The molecule has 2 aromatic rings. The molecular weight excluding hydrogens is 444 g/mol. The molecule has 2 N–H and O–H groups in total. The van der Waals surface area contributed by atoms with E-state index in [4.69, 9.17) is 0 Å². The van der Waals surface area contributed by atoms with Crippen LogP contribution in [-0.4, -0.2) is 29.1 Å². The van der Waals surface area contributed by atoms with Crippen LogP contribution in [0.15, 0.2) is 32.7 Å². The molecule has 10 heteroatoms. The fourth-order valence-corrected chi connectivity index (χ4v) is 5.21. The van der Waals surface area contributed by atoms with Gasteiger partial charge in [0, 0.05) is 18.0 Å². The summed E-state index contributed by atoms with van der Waals surface area (Å²) < 4.78 is 30.5. The molecular formula is C23H26N4O5S. The van der Waals surface area contributed by atoms with Gasteiger partial charge >= 0.3 is 11.6 Å². The third-order valence-corrected chi connectivity index (χ3v) is 8.27. The van der Waals surface area contributed by atoms with E-state index in [1.165, 1.54) is 22.8 Å². The Morgan fingerprint density at radius 1 is 1.15 bits per heavy atom. The fourth-order valence-electron chi connectivity index (χ4n) is 3.72. The average molecular weight is 471 g/mol. The molecule has 1 aromatic heterocycles. The zero-order chi connectivity index (χ0) is 23.6. The van der Waals surface area contributed by atoms with E-state index in [-0.39, 0.29) is 21.6 Å². The molecule has 0 atom stereocenters. The van der Waals surface area contributed by atoms with Gasteiger partial charge in [-0.25, -0.2) is 23.4 Å². The summed E-state index contributed by atoms with van der Waals surface area (Å²) in [7, 11) is -3.85. The summed E-state index contributed by atoms with van der Waals surface area (Å²) in [6.45, 7) is 4.22. The highest BCUT2D eigenvalue weighted by Gasteiger charge is 2.41. The number of rotatable bonds is 6. The Bertz CT molecular complexity index is 1460. The molecule has 3 aliphatic carbocycles. The Hall–Kier alpha value is -2.90. The van der Waals surface area contributed by atoms with Gasteiger partial charge in [-0.3, -0.25) is 14.2 Å². The van der Waals surface area contributed by atoms with Gasteiger partial charge in [0.2, 0.25) is 10.0 Å². The summed E-state index contributed by atoms with van der Waals surface area (Å²) in [4.78, 5) is 38.6. The number of benzene rings is 1. The van der Waals surface area contributed by atoms with Crippen LogP contribution in [-0.2, 0) is 21.4 Å². The summed E-state index contributed by atoms with van der Waals surface area (Å²) in [5, 5.41) is 0.0399. The minimum atomic E-state index is -3.85. The lowest BCUT2D eigenvalue weighted by Gasteiger charge is -2.18. The molecule has 3 aliphatic rings. The highest BCUT2D eigenvalue weighted by Crippen LogP contribution is 2.46. The highest BCUT2D eigenvalue weighted by molar-refractivity contribution is 7.89. The van der Waals surface area contributed by atoms with E-state index in [1.54, 1.807) is 0 Å². The van der Waals surface area contributed by atoms with Gasteiger partial charge in [0.1, 0.15) is 0 Å². The monoisotopic (exact) mass is 470 g/mol. The van der Waals surface area contributed by atoms with Crippen LogP contribution in [0.1, 0.15) is 52.4 Å². The van der Waals surface area contributed by atoms with Crippen LogP contribution in [0.5, 0.6) is 0 Å². The number of carbonyl (C=O) groups is 1. The second-order valence-corrected chi connectivity index (χ2v) is 11.8. The summed E-state index contributed by atoms with van der Waals surface area (Å²) in [5.74, 6) is 4.66. The molecule has 33 heavy (non-hydrogen) atoms. The number of fused-ring (bicyclic) bond motifs is 1. The van der Waals surface area contributed by atoms with Crippen molar-refractivity contribution < 1.29 is 13.2 Å².